The summed E-state index contributed by atoms with van der Waals surface area (Å²) in [6.07, 6.45) is -4.64. The van der Waals surface area contributed by atoms with Crippen molar-refractivity contribution in [3.8, 4) is 17.2 Å². The van der Waals surface area contributed by atoms with Crippen LogP contribution in [0.3, 0.4) is 0 Å². The molecule has 34 heavy (non-hydrogen) atoms. The maximum Gasteiger partial charge on any atom is 0.416 e. The van der Waals surface area contributed by atoms with Crippen molar-refractivity contribution in [2.24, 2.45) is 0 Å². The minimum Gasteiger partial charge on any atom is -0.497 e. The Morgan fingerprint density at radius 1 is 0.941 bits per heavy atom. The fourth-order valence-electron chi connectivity index (χ4n) is 2.87. The average Bonchev–Trinajstić information content (AvgIpc) is 2.79. The molecular formula is C23H21F3N2O5S. The summed E-state index contributed by atoms with van der Waals surface area (Å²) < 4.78 is 76.0. The Hall–Kier alpha value is -3.57. The molecule has 7 nitrogen and oxygen atoms in total. The fraction of sp³-hybridized carbons (Fsp3) is 0.174. The highest BCUT2D eigenvalue weighted by Gasteiger charge is 2.31. The molecule has 0 aliphatic carbocycles. The lowest BCUT2D eigenvalue weighted by Crippen LogP contribution is -2.22. The number of carbonyl (C=O) groups excluding carboxylic acids is 1. The molecule has 0 spiro atoms. The van der Waals surface area contributed by atoms with Gasteiger partial charge in [-0.2, -0.15) is 13.2 Å². The van der Waals surface area contributed by atoms with Crippen molar-refractivity contribution in [1.29, 1.82) is 0 Å². The second kappa shape index (κ2) is 9.74. The van der Waals surface area contributed by atoms with Gasteiger partial charge >= 0.3 is 6.18 Å². The van der Waals surface area contributed by atoms with E-state index in [0.29, 0.717) is 5.75 Å². The maximum atomic E-state index is 13.3. The molecule has 0 aliphatic heterocycles. The smallest absolute Gasteiger partial charge is 0.416 e. The Bertz CT molecular complexity index is 1290. The van der Waals surface area contributed by atoms with Crippen molar-refractivity contribution in [2.75, 3.05) is 26.5 Å². The van der Waals surface area contributed by atoms with Crippen LogP contribution in [-0.4, -0.2) is 39.8 Å². The van der Waals surface area contributed by atoms with Gasteiger partial charge in [-0.3, -0.25) is 4.79 Å². The lowest BCUT2D eigenvalue weighted by atomic mass is 10.1. The van der Waals surface area contributed by atoms with Crippen molar-refractivity contribution >= 4 is 21.6 Å². The third kappa shape index (κ3) is 5.67. The molecule has 0 unspecified atom stereocenters. The SMILES string of the molecule is COc1cccc(Oc2ccc(C(F)(F)F)cc2NC(=O)c2ccc(S(=O)(=O)N(C)C)cc2)c1. The number of anilines is 1. The normalized spacial score (nSPS) is 11.9. The van der Waals surface area contributed by atoms with E-state index in [9.17, 15) is 26.4 Å². The number of amides is 1. The topological polar surface area (TPSA) is 84.9 Å². The zero-order valence-electron chi connectivity index (χ0n) is 18.4. The predicted molar refractivity (Wildman–Crippen MR) is 120 cm³/mol. The largest absolute Gasteiger partial charge is 0.497 e. The molecule has 0 saturated carbocycles. The monoisotopic (exact) mass is 494 g/mol. The number of carbonyl (C=O) groups is 1. The van der Waals surface area contributed by atoms with Gasteiger partial charge < -0.3 is 14.8 Å². The number of hydrogen-bond acceptors (Lipinski definition) is 5. The van der Waals surface area contributed by atoms with Gasteiger partial charge in [0.1, 0.15) is 11.5 Å². The van der Waals surface area contributed by atoms with E-state index < -0.39 is 27.7 Å². The Morgan fingerprint density at radius 2 is 1.59 bits per heavy atom. The molecule has 3 aromatic carbocycles. The second-order valence-electron chi connectivity index (χ2n) is 7.26. The molecule has 0 bridgehead atoms. The molecule has 11 heteroatoms. The first kappa shape index (κ1) is 25.1. The van der Waals surface area contributed by atoms with Crippen molar-refractivity contribution < 1.29 is 35.9 Å². The van der Waals surface area contributed by atoms with E-state index in [4.69, 9.17) is 9.47 Å². The number of methoxy groups -OCH3 is 1. The lowest BCUT2D eigenvalue weighted by molar-refractivity contribution is -0.137. The van der Waals surface area contributed by atoms with Gasteiger partial charge in [0.15, 0.2) is 5.75 Å². The summed E-state index contributed by atoms with van der Waals surface area (Å²) in [7, 11) is 0.492. The van der Waals surface area contributed by atoms with Crippen LogP contribution < -0.4 is 14.8 Å². The average molecular weight is 494 g/mol. The molecule has 0 atom stereocenters. The number of alkyl halides is 3. The molecule has 3 aromatic rings. The number of benzene rings is 3. The molecule has 1 amide bonds. The number of nitrogens with zero attached hydrogens (tertiary/aromatic N) is 1. The molecule has 0 aromatic heterocycles. The molecule has 0 fully saturated rings. The van der Waals surface area contributed by atoms with Crippen molar-refractivity contribution in [3.05, 3.63) is 77.9 Å². The van der Waals surface area contributed by atoms with Crippen LogP contribution in [0.15, 0.2) is 71.6 Å². The van der Waals surface area contributed by atoms with Crippen LogP contribution in [-0.2, 0) is 16.2 Å². The Kier molecular flexibility index (Phi) is 7.18. The zero-order chi connectivity index (χ0) is 25.1. The summed E-state index contributed by atoms with van der Waals surface area (Å²) in [4.78, 5) is 12.7. The van der Waals surface area contributed by atoms with Crippen molar-refractivity contribution in [3.63, 3.8) is 0 Å². The Morgan fingerprint density at radius 3 is 2.18 bits per heavy atom. The summed E-state index contributed by atoms with van der Waals surface area (Å²) in [5.74, 6) is -0.0133. The Labute approximate surface area is 194 Å². The van der Waals surface area contributed by atoms with Crippen LogP contribution in [0.25, 0.3) is 0 Å². The number of rotatable bonds is 7. The van der Waals surface area contributed by atoms with E-state index in [1.54, 1.807) is 18.2 Å². The van der Waals surface area contributed by atoms with Crippen LogP contribution in [0.1, 0.15) is 15.9 Å². The van der Waals surface area contributed by atoms with E-state index in [1.807, 2.05) is 0 Å². The van der Waals surface area contributed by atoms with Crippen LogP contribution in [0.4, 0.5) is 18.9 Å². The number of halogens is 3. The summed E-state index contributed by atoms with van der Waals surface area (Å²) in [6.45, 7) is 0. The number of sulfonamides is 1. The van der Waals surface area contributed by atoms with Gasteiger partial charge in [-0.1, -0.05) is 6.07 Å². The van der Waals surface area contributed by atoms with Crippen LogP contribution in [0.5, 0.6) is 17.2 Å². The van der Waals surface area contributed by atoms with Gasteiger partial charge in [-0.15, -0.1) is 0 Å². The van der Waals surface area contributed by atoms with Crippen LogP contribution in [0.2, 0.25) is 0 Å². The summed E-state index contributed by atoms with van der Waals surface area (Å²) in [5.41, 5.74) is -1.15. The lowest BCUT2D eigenvalue weighted by Gasteiger charge is -2.16. The number of ether oxygens (including phenoxy) is 2. The van der Waals surface area contributed by atoms with Crippen molar-refractivity contribution in [1.82, 2.24) is 4.31 Å². The van der Waals surface area contributed by atoms with E-state index in [2.05, 4.69) is 5.32 Å². The first-order valence-electron chi connectivity index (χ1n) is 9.79. The molecule has 180 valence electrons. The molecular weight excluding hydrogens is 473 g/mol. The molecule has 1 N–H and O–H groups in total. The minimum absolute atomic E-state index is 0.0265. The quantitative estimate of drug-likeness (QED) is 0.499. The highest BCUT2D eigenvalue weighted by molar-refractivity contribution is 7.89. The predicted octanol–water partition coefficient (Wildman–Crippen LogP) is 5.01. The summed E-state index contributed by atoms with van der Waals surface area (Å²) in [5, 5.41) is 2.41. The first-order chi connectivity index (χ1) is 15.9. The summed E-state index contributed by atoms with van der Waals surface area (Å²) in [6, 6.07) is 14.1. The molecule has 0 radical (unpaired) electrons. The first-order valence-corrected chi connectivity index (χ1v) is 11.2. The van der Waals surface area contributed by atoms with E-state index in [0.717, 1.165) is 22.5 Å². The van der Waals surface area contributed by atoms with Gasteiger partial charge in [0.2, 0.25) is 10.0 Å². The number of hydrogen-bond donors (Lipinski definition) is 1. The van der Waals surface area contributed by atoms with E-state index in [1.165, 1.54) is 51.5 Å². The number of nitrogens with one attached hydrogen (secondary N) is 1. The molecule has 0 saturated heterocycles. The standard InChI is InChI=1S/C23H21F3N2O5S/c1-28(2)34(30,31)19-10-7-15(8-11-19)22(29)27-20-13-16(23(24,25)26)9-12-21(20)33-18-6-4-5-17(14-18)32-3/h4-14H,1-3H3,(H,27,29). The molecule has 0 heterocycles. The fourth-order valence-corrected chi connectivity index (χ4v) is 3.77. The third-order valence-corrected chi connectivity index (χ3v) is 6.55. The third-order valence-electron chi connectivity index (χ3n) is 4.72. The Balaban J connectivity index is 1.92. The highest BCUT2D eigenvalue weighted by Crippen LogP contribution is 2.37. The van der Waals surface area contributed by atoms with Gasteiger partial charge in [0.25, 0.3) is 5.91 Å². The zero-order valence-corrected chi connectivity index (χ0v) is 19.2. The second-order valence-corrected chi connectivity index (χ2v) is 9.41. The van der Waals surface area contributed by atoms with Gasteiger partial charge in [-0.05, 0) is 54.6 Å². The van der Waals surface area contributed by atoms with Gasteiger partial charge in [0, 0.05) is 25.7 Å². The summed E-state index contributed by atoms with van der Waals surface area (Å²) >= 11 is 0. The van der Waals surface area contributed by atoms with Gasteiger partial charge in [0.05, 0.1) is 23.3 Å². The maximum absolute atomic E-state index is 13.3. The molecule has 0 aliphatic rings. The van der Waals surface area contributed by atoms with Crippen LogP contribution >= 0.6 is 0 Å². The van der Waals surface area contributed by atoms with Crippen LogP contribution in [0, 0.1) is 0 Å². The van der Waals surface area contributed by atoms with E-state index >= 15 is 0 Å². The molecule has 3 rings (SSSR count). The highest BCUT2D eigenvalue weighted by atomic mass is 32.2. The van der Waals surface area contributed by atoms with Gasteiger partial charge in [-0.25, -0.2) is 12.7 Å². The minimum atomic E-state index is -4.64. The van der Waals surface area contributed by atoms with Crippen molar-refractivity contribution in [2.45, 2.75) is 11.1 Å². The van der Waals surface area contributed by atoms with E-state index in [-0.39, 0.29) is 27.6 Å².